The van der Waals surface area contributed by atoms with E-state index in [0.717, 1.165) is 18.1 Å². The van der Waals surface area contributed by atoms with Gasteiger partial charge in [-0.3, -0.25) is 4.90 Å². The van der Waals surface area contributed by atoms with Crippen molar-refractivity contribution < 1.29 is 0 Å². The second kappa shape index (κ2) is 5.63. The molecule has 0 bridgehead atoms. The fraction of sp³-hybridized carbons (Fsp3) is 0.800. The van der Waals surface area contributed by atoms with Gasteiger partial charge in [-0.25, -0.2) is 0 Å². The molecule has 1 heterocycles. The van der Waals surface area contributed by atoms with Gasteiger partial charge in [0.2, 0.25) is 0 Å². The van der Waals surface area contributed by atoms with Crippen molar-refractivity contribution in [3.8, 4) is 0 Å². The van der Waals surface area contributed by atoms with Crippen LogP contribution in [0.15, 0.2) is 11.6 Å². The van der Waals surface area contributed by atoms with Gasteiger partial charge in [-0.15, -0.1) is 0 Å². The minimum absolute atomic E-state index is 0.648. The van der Waals surface area contributed by atoms with Gasteiger partial charge in [-0.2, -0.15) is 0 Å². The molecule has 1 N–H and O–H groups in total. The third-order valence-corrected chi connectivity index (χ3v) is 2.51. The van der Waals surface area contributed by atoms with Gasteiger partial charge in [0.05, 0.1) is 0 Å². The van der Waals surface area contributed by atoms with Gasteiger partial charge >= 0.3 is 0 Å². The van der Waals surface area contributed by atoms with Gasteiger partial charge in [-0.1, -0.05) is 24.6 Å². The van der Waals surface area contributed by atoms with Crippen LogP contribution in [0.2, 0.25) is 0 Å². The highest BCUT2D eigenvalue weighted by molar-refractivity contribution is 6.29. The van der Waals surface area contributed by atoms with Crippen LogP contribution in [0.1, 0.15) is 19.3 Å². The minimum atomic E-state index is 0.648. The van der Waals surface area contributed by atoms with Crippen molar-refractivity contribution >= 4 is 11.6 Å². The van der Waals surface area contributed by atoms with Crippen molar-refractivity contribution in [2.24, 2.45) is 0 Å². The third kappa shape index (κ3) is 4.65. The summed E-state index contributed by atoms with van der Waals surface area (Å²) in [7, 11) is 2.09. The molecular weight excluding hydrogens is 184 g/mol. The highest BCUT2D eigenvalue weighted by Gasteiger charge is 2.14. The lowest BCUT2D eigenvalue weighted by Crippen LogP contribution is -2.42. The first-order chi connectivity index (χ1) is 6.18. The summed E-state index contributed by atoms with van der Waals surface area (Å²) in [5.74, 6) is 0. The van der Waals surface area contributed by atoms with Crippen LogP contribution in [0.25, 0.3) is 0 Å². The van der Waals surface area contributed by atoms with Crippen molar-refractivity contribution in [2.75, 3.05) is 26.7 Å². The molecule has 0 amide bonds. The van der Waals surface area contributed by atoms with Crippen LogP contribution in [-0.4, -0.2) is 37.6 Å². The normalized spacial score (nSPS) is 23.5. The Labute approximate surface area is 85.9 Å². The van der Waals surface area contributed by atoms with Gasteiger partial charge in [-0.05, 0) is 26.4 Å². The van der Waals surface area contributed by atoms with Gasteiger partial charge in [0, 0.05) is 24.2 Å². The summed E-state index contributed by atoms with van der Waals surface area (Å²) in [5.41, 5.74) is 0. The average molecular weight is 203 g/mol. The summed E-state index contributed by atoms with van der Waals surface area (Å²) in [5, 5.41) is 4.23. The van der Waals surface area contributed by atoms with E-state index in [1.54, 1.807) is 0 Å². The van der Waals surface area contributed by atoms with E-state index in [1.807, 2.05) is 0 Å². The zero-order chi connectivity index (χ0) is 9.68. The van der Waals surface area contributed by atoms with E-state index in [-0.39, 0.29) is 0 Å². The lowest BCUT2D eigenvalue weighted by atomic mass is 10.0. The quantitative estimate of drug-likeness (QED) is 0.748. The van der Waals surface area contributed by atoms with Crippen LogP contribution in [0.4, 0.5) is 0 Å². The highest BCUT2D eigenvalue weighted by atomic mass is 35.5. The molecule has 0 aromatic heterocycles. The fourth-order valence-corrected chi connectivity index (χ4v) is 2.02. The zero-order valence-corrected chi connectivity index (χ0v) is 9.11. The van der Waals surface area contributed by atoms with Crippen LogP contribution in [-0.2, 0) is 0 Å². The molecular formula is C10H19ClN2. The molecule has 0 radical (unpaired) electrons. The standard InChI is InChI=1S/C10H19ClN2/c1-9(11)7-13(2)8-10-5-3-4-6-12-10/h10,12H,1,3-8H2,2H3. The van der Waals surface area contributed by atoms with Crippen molar-refractivity contribution in [3.05, 3.63) is 11.6 Å². The Balaban J connectivity index is 2.18. The topological polar surface area (TPSA) is 15.3 Å². The molecule has 0 spiro atoms. The second-order valence-electron chi connectivity index (χ2n) is 3.86. The molecule has 3 heteroatoms. The first kappa shape index (κ1) is 11.0. The SMILES string of the molecule is C=C(Cl)CN(C)CC1CCCCN1. The molecule has 1 rings (SSSR count). The van der Waals surface area contributed by atoms with Crippen LogP contribution < -0.4 is 5.32 Å². The second-order valence-corrected chi connectivity index (χ2v) is 4.40. The monoisotopic (exact) mass is 202 g/mol. The van der Waals surface area contributed by atoms with Crippen LogP contribution >= 0.6 is 11.6 Å². The molecule has 0 aromatic rings. The summed E-state index contributed by atoms with van der Waals surface area (Å²) in [6, 6.07) is 0.648. The van der Waals surface area contributed by atoms with E-state index >= 15 is 0 Å². The van der Waals surface area contributed by atoms with Crippen LogP contribution in [0, 0.1) is 0 Å². The van der Waals surface area contributed by atoms with Gasteiger partial charge < -0.3 is 5.32 Å². The molecule has 0 saturated carbocycles. The maximum Gasteiger partial charge on any atom is 0.0333 e. The summed E-state index contributed by atoms with van der Waals surface area (Å²) in [4.78, 5) is 2.22. The van der Waals surface area contributed by atoms with Crippen molar-refractivity contribution in [3.63, 3.8) is 0 Å². The average Bonchev–Trinajstić information content (AvgIpc) is 2.04. The molecule has 1 atom stereocenters. The number of nitrogens with one attached hydrogen (secondary N) is 1. The number of hydrogen-bond acceptors (Lipinski definition) is 2. The number of nitrogens with zero attached hydrogens (tertiary/aromatic N) is 1. The van der Waals surface area contributed by atoms with E-state index < -0.39 is 0 Å². The highest BCUT2D eigenvalue weighted by Crippen LogP contribution is 2.08. The minimum Gasteiger partial charge on any atom is -0.313 e. The van der Waals surface area contributed by atoms with Crippen molar-refractivity contribution in [1.82, 2.24) is 10.2 Å². The Morgan fingerprint density at radius 1 is 1.62 bits per heavy atom. The summed E-state index contributed by atoms with van der Waals surface area (Å²) >= 11 is 5.73. The molecule has 1 unspecified atom stereocenters. The van der Waals surface area contributed by atoms with Crippen molar-refractivity contribution in [1.29, 1.82) is 0 Å². The first-order valence-electron chi connectivity index (χ1n) is 4.93. The fourth-order valence-electron chi connectivity index (χ4n) is 1.81. The van der Waals surface area contributed by atoms with E-state index in [0.29, 0.717) is 6.04 Å². The molecule has 1 saturated heterocycles. The maximum absolute atomic E-state index is 5.73. The molecule has 1 fully saturated rings. The Hall–Kier alpha value is -0.0500. The lowest BCUT2D eigenvalue weighted by Gasteiger charge is -2.27. The molecule has 76 valence electrons. The largest absolute Gasteiger partial charge is 0.313 e. The Kier molecular flexibility index (Phi) is 4.78. The van der Waals surface area contributed by atoms with Gasteiger partial charge in [0.1, 0.15) is 0 Å². The number of piperidine rings is 1. The Morgan fingerprint density at radius 2 is 2.38 bits per heavy atom. The molecule has 13 heavy (non-hydrogen) atoms. The summed E-state index contributed by atoms with van der Waals surface area (Å²) in [6.45, 7) is 6.73. The number of halogens is 1. The number of hydrogen-bond donors (Lipinski definition) is 1. The molecule has 1 aliphatic heterocycles. The molecule has 1 aliphatic rings. The van der Waals surface area contributed by atoms with Crippen LogP contribution in [0.5, 0.6) is 0 Å². The van der Waals surface area contributed by atoms with Crippen LogP contribution in [0.3, 0.4) is 0 Å². The van der Waals surface area contributed by atoms with E-state index in [2.05, 4.69) is 23.8 Å². The van der Waals surface area contributed by atoms with Crippen molar-refractivity contribution in [2.45, 2.75) is 25.3 Å². The lowest BCUT2D eigenvalue weighted by molar-refractivity contribution is 0.279. The Bertz CT molecular complexity index is 164. The first-order valence-corrected chi connectivity index (χ1v) is 5.31. The maximum atomic E-state index is 5.73. The van der Waals surface area contributed by atoms with E-state index in [9.17, 15) is 0 Å². The van der Waals surface area contributed by atoms with Gasteiger partial charge in [0.25, 0.3) is 0 Å². The summed E-state index contributed by atoms with van der Waals surface area (Å²) in [6.07, 6.45) is 3.97. The van der Waals surface area contributed by atoms with Gasteiger partial charge in [0.15, 0.2) is 0 Å². The predicted molar refractivity (Wildman–Crippen MR) is 58.1 cm³/mol. The molecule has 2 nitrogen and oxygen atoms in total. The smallest absolute Gasteiger partial charge is 0.0333 e. The van der Waals surface area contributed by atoms with E-state index in [1.165, 1.54) is 25.8 Å². The Morgan fingerprint density at radius 3 is 2.92 bits per heavy atom. The molecule has 0 aliphatic carbocycles. The predicted octanol–water partition coefficient (Wildman–Crippen LogP) is 1.81. The van der Waals surface area contributed by atoms with E-state index in [4.69, 9.17) is 11.6 Å². The summed E-state index contributed by atoms with van der Waals surface area (Å²) < 4.78 is 0. The molecule has 0 aromatic carbocycles. The number of rotatable bonds is 4. The number of likely N-dealkylation sites (N-methyl/N-ethyl adjacent to an activating group) is 1. The zero-order valence-electron chi connectivity index (χ0n) is 8.35. The third-order valence-electron chi connectivity index (χ3n) is 2.39.